The van der Waals surface area contributed by atoms with Gasteiger partial charge in [-0.1, -0.05) is 6.08 Å². The molecule has 1 aromatic rings. The normalized spacial score (nSPS) is 15.5. The Morgan fingerprint density at radius 2 is 2.33 bits per heavy atom. The predicted molar refractivity (Wildman–Crippen MR) is 60.0 cm³/mol. The van der Waals surface area contributed by atoms with Crippen molar-refractivity contribution in [3.8, 4) is 0 Å². The Balaban J connectivity index is 1.91. The molecule has 4 nitrogen and oxygen atoms in total. The highest BCUT2D eigenvalue weighted by Crippen LogP contribution is 2.33. The van der Waals surface area contributed by atoms with Gasteiger partial charge in [-0.3, -0.25) is 9.13 Å². The van der Waals surface area contributed by atoms with Crippen molar-refractivity contribution >= 4 is 0 Å². The molecule has 2 rings (SSSR count). The molecule has 1 saturated carbocycles. The number of imidazole rings is 1. The highest BCUT2D eigenvalue weighted by atomic mass is 16.1. The van der Waals surface area contributed by atoms with E-state index >= 15 is 0 Å². The van der Waals surface area contributed by atoms with Gasteiger partial charge in [0.05, 0.1) is 0 Å². The minimum absolute atomic E-state index is 0.123. The molecule has 1 aliphatic carbocycles. The molecule has 1 fully saturated rings. The largest absolute Gasteiger partial charge is 0.328 e. The second-order valence-electron chi connectivity index (χ2n) is 3.91. The third kappa shape index (κ3) is 2.39. The molecule has 0 spiro atoms. The van der Waals surface area contributed by atoms with Crippen LogP contribution in [0.1, 0.15) is 18.9 Å². The van der Waals surface area contributed by atoms with Crippen LogP contribution in [0.15, 0.2) is 29.8 Å². The first-order valence-corrected chi connectivity index (χ1v) is 5.42. The Kier molecular flexibility index (Phi) is 3.06. The molecular formula is C11H17N3O. The van der Waals surface area contributed by atoms with Gasteiger partial charge >= 0.3 is 5.69 Å². The highest BCUT2D eigenvalue weighted by molar-refractivity contribution is 4.91. The predicted octanol–water partition coefficient (Wildman–Crippen LogP) is 0.760. The van der Waals surface area contributed by atoms with E-state index in [1.165, 1.54) is 0 Å². The molecule has 1 N–H and O–H groups in total. The van der Waals surface area contributed by atoms with E-state index in [0.717, 1.165) is 32.5 Å². The number of hydrogen-bond acceptors (Lipinski definition) is 2. The number of aromatic nitrogens is 2. The summed E-state index contributed by atoms with van der Waals surface area (Å²) in [7, 11) is 0. The lowest BCUT2D eigenvalue weighted by Crippen LogP contribution is -2.28. The standard InChI is InChI=1S/C11H17N3O/c1-2-5-12-6-7-13-8-9-14(11(13)15)10-3-4-10/h2,8-10,12H,1,3-7H2. The van der Waals surface area contributed by atoms with Gasteiger partial charge in [-0.25, -0.2) is 4.79 Å². The molecule has 0 saturated heterocycles. The van der Waals surface area contributed by atoms with Gasteiger partial charge in [-0.05, 0) is 12.8 Å². The summed E-state index contributed by atoms with van der Waals surface area (Å²) in [4.78, 5) is 11.8. The summed E-state index contributed by atoms with van der Waals surface area (Å²) in [5.74, 6) is 0. The fourth-order valence-electron chi connectivity index (χ4n) is 1.63. The van der Waals surface area contributed by atoms with E-state index in [1.54, 1.807) is 4.57 Å². The fraction of sp³-hybridized carbons (Fsp3) is 0.545. The van der Waals surface area contributed by atoms with Gasteiger partial charge in [0.1, 0.15) is 0 Å². The number of nitrogens with one attached hydrogen (secondary N) is 1. The first kappa shape index (κ1) is 10.2. The zero-order chi connectivity index (χ0) is 10.7. The minimum Gasteiger partial charge on any atom is -0.312 e. The second-order valence-corrected chi connectivity index (χ2v) is 3.91. The molecular weight excluding hydrogens is 190 g/mol. The summed E-state index contributed by atoms with van der Waals surface area (Å²) in [6.45, 7) is 5.95. The zero-order valence-electron chi connectivity index (χ0n) is 8.85. The summed E-state index contributed by atoms with van der Waals surface area (Å²) in [6.07, 6.45) is 7.89. The molecule has 15 heavy (non-hydrogen) atoms. The Hall–Kier alpha value is -1.29. The summed E-state index contributed by atoms with van der Waals surface area (Å²) in [5.41, 5.74) is 0.123. The van der Waals surface area contributed by atoms with E-state index < -0.39 is 0 Å². The van der Waals surface area contributed by atoms with Crippen molar-refractivity contribution < 1.29 is 0 Å². The maximum absolute atomic E-state index is 11.8. The van der Waals surface area contributed by atoms with Crippen LogP contribution in [0.2, 0.25) is 0 Å². The summed E-state index contributed by atoms with van der Waals surface area (Å²) < 4.78 is 3.60. The third-order valence-electron chi connectivity index (χ3n) is 2.63. The summed E-state index contributed by atoms with van der Waals surface area (Å²) in [5, 5.41) is 3.18. The lowest BCUT2D eigenvalue weighted by molar-refractivity contribution is 0.586. The molecule has 0 aromatic carbocycles. The van der Waals surface area contributed by atoms with Crippen molar-refractivity contribution in [3.63, 3.8) is 0 Å². The lowest BCUT2D eigenvalue weighted by Gasteiger charge is -2.02. The maximum atomic E-state index is 11.8. The van der Waals surface area contributed by atoms with E-state index in [2.05, 4.69) is 11.9 Å². The van der Waals surface area contributed by atoms with Crippen LogP contribution in [-0.2, 0) is 6.54 Å². The summed E-state index contributed by atoms with van der Waals surface area (Å²) in [6, 6.07) is 0.472. The fourth-order valence-corrected chi connectivity index (χ4v) is 1.63. The molecule has 1 aromatic heterocycles. The Bertz CT molecular complexity index is 387. The van der Waals surface area contributed by atoms with Gasteiger partial charge < -0.3 is 5.32 Å². The second kappa shape index (κ2) is 4.49. The lowest BCUT2D eigenvalue weighted by atomic mass is 10.5. The smallest absolute Gasteiger partial charge is 0.312 e. The molecule has 4 heteroatoms. The zero-order valence-corrected chi connectivity index (χ0v) is 8.85. The molecule has 0 unspecified atom stereocenters. The van der Waals surface area contributed by atoms with Crippen LogP contribution < -0.4 is 11.0 Å². The first-order valence-electron chi connectivity index (χ1n) is 5.42. The van der Waals surface area contributed by atoms with Crippen LogP contribution in [0.3, 0.4) is 0 Å². The van der Waals surface area contributed by atoms with Crippen LogP contribution in [0.4, 0.5) is 0 Å². The van der Waals surface area contributed by atoms with Crippen LogP contribution >= 0.6 is 0 Å². The molecule has 82 valence electrons. The van der Waals surface area contributed by atoms with Crippen LogP contribution in [0.5, 0.6) is 0 Å². The van der Waals surface area contributed by atoms with Crippen LogP contribution in [-0.4, -0.2) is 22.2 Å². The Morgan fingerprint density at radius 3 is 3.00 bits per heavy atom. The third-order valence-corrected chi connectivity index (χ3v) is 2.63. The van der Waals surface area contributed by atoms with Crippen LogP contribution in [0.25, 0.3) is 0 Å². The number of rotatable bonds is 6. The van der Waals surface area contributed by atoms with E-state index in [4.69, 9.17) is 0 Å². The SMILES string of the molecule is C=CCNCCn1ccn(C2CC2)c1=O. The van der Waals surface area contributed by atoms with Gasteiger partial charge in [-0.2, -0.15) is 0 Å². The van der Waals surface area contributed by atoms with Crippen LogP contribution in [0, 0.1) is 0 Å². The monoisotopic (exact) mass is 207 g/mol. The van der Waals surface area contributed by atoms with Crippen molar-refractivity contribution in [2.45, 2.75) is 25.4 Å². The topological polar surface area (TPSA) is 39.0 Å². The molecule has 1 aliphatic rings. The average molecular weight is 207 g/mol. The van der Waals surface area contributed by atoms with E-state index in [0.29, 0.717) is 6.04 Å². The van der Waals surface area contributed by atoms with Gasteiger partial charge in [0.25, 0.3) is 0 Å². The van der Waals surface area contributed by atoms with Crippen molar-refractivity contribution in [3.05, 3.63) is 35.5 Å². The molecule has 0 aliphatic heterocycles. The van der Waals surface area contributed by atoms with Crippen molar-refractivity contribution in [1.82, 2.24) is 14.5 Å². The molecule has 0 bridgehead atoms. The van der Waals surface area contributed by atoms with Gasteiger partial charge in [0.15, 0.2) is 0 Å². The van der Waals surface area contributed by atoms with E-state index in [9.17, 15) is 4.79 Å². The minimum atomic E-state index is 0.123. The molecule has 0 atom stereocenters. The molecule has 0 radical (unpaired) electrons. The summed E-state index contributed by atoms with van der Waals surface area (Å²) >= 11 is 0. The highest BCUT2D eigenvalue weighted by Gasteiger charge is 2.25. The first-order chi connectivity index (χ1) is 7.33. The van der Waals surface area contributed by atoms with E-state index in [-0.39, 0.29) is 5.69 Å². The van der Waals surface area contributed by atoms with Gasteiger partial charge in [0, 0.05) is 38.1 Å². The number of nitrogens with zero attached hydrogens (tertiary/aromatic N) is 2. The van der Waals surface area contributed by atoms with Gasteiger partial charge in [0.2, 0.25) is 0 Å². The molecule has 1 heterocycles. The Morgan fingerprint density at radius 1 is 1.53 bits per heavy atom. The number of hydrogen-bond donors (Lipinski definition) is 1. The maximum Gasteiger partial charge on any atom is 0.328 e. The average Bonchev–Trinajstić information content (AvgIpc) is 3.00. The van der Waals surface area contributed by atoms with Crippen molar-refractivity contribution in [2.75, 3.05) is 13.1 Å². The van der Waals surface area contributed by atoms with Crippen molar-refractivity contribution in [2.24, 2.45) is 0 Å². The quantitative estimate of drug-likeness (QED) is 0.552. The Labute approximate surface area is 89.2 Å². The van der Waals surface area contributed by atoms with Crippen molar-refractivity contribution in [1.29, 1.82) is 0 Å². The van der Waals surface area contributed by atoms with Gasteiger partial charge in [-0.15, -0.1) is 6.58 Å². The molecule has 0 amide bonds. The van der Waals surface area contributed by atoms with E-state index in [1.807, 2.05) is 23.0 Å².